The highest BCUT2D eigenvalue weighted by molar-refractivity contribution is 9.10. The topological polar surface area (TPSA) is 46.3 Å². The first-order chi connectivity index (χ1) is 8.59. The molecule has 1 aliphatic rings. The number of halogens is 1. The van der Waals surface area contributed by atoms with Gasteiger partial charge in [-0.3, -0.25) is 4.79 Å². The van der Waals surface area contributed by atoms with Crippen molar-refractivity contribution in [2.45, 2.75) is 12.8 Å². The van der Waals surface area contributed by atoms with E-state index in [9.17, 15) is 4.79 Å². The third-order valence-electron chi connectivity index (χ3n) is 3.29. The molecule has 0 saturated carbocycles. The van der Waals surface area contributed by atoms with E-state index in [0.717, 1.165) is 30.4 Å². The van der Waals surface area contributed by atoms with Crippen LogP contribution in [0.1, 0.15) is 23.2 Å². The summed E-state index contributed by atoms with van der Waals surface area (Å²) < 4.78 is 0.839. The molecule has 1 fully saturated rings. The number of benzene rings is 1. The highest BCUT2D eigenvalue weighted by Gasteiger charge is 2.25. The van der Waals surface area contributed by atoms with Crippen molar-refractivity contribution in [2.24, 2.45) is 11.7 Å². The number of thiocarbonyl (C=S) groups is 1. The predicted molar refractivity (Wildman–Crippen MR) is 79.6 cm³/mol. The number of nitrogens with two attached hydrogens (primary N) is 1. The zero-order valence-electron chi connectivity index (χ0n) is 9.93. The zero-order valence-corrected chi connectivity index (χ0v) is 12.3. The Morgan fingerprint density at radius 2 is 1.94 bits per heavy atom. The quantitative estimate of drug-likeness (QED) is 0.850. The molecule has 2 rings (SSSR count). The van der Waals surface area contributed by atoms with Crippen LogP contribution < -0.4 is 5.73 Å². The molecule has 1 aromatic rings. The van der Waals surface area contributed by atoms with Crippen molar-refractivity contribution in [3.05, 3.63) is 34.3 Å². The molecule has 18 heavy (non-hydrogen) atoms. The summed E-state index contributed by atoms with van der Waals surface area (Å²) in [5.41, 5.74) is 6.36. The lowest BCUT2D eigenvalue weighted by Crippen LogP contribution is -2.41. The molecule has 96 valence electrons. The van der Waals surface area contributed by atoms with Crippen LogP contribution in [0.5, 0.6) is 0 Å². The molecule has 0 unspecified atom stereocenters. The van der Waals surface area contributed by atoms with Crippen LogP contribution in [0, 0.1) is 5.92 Å². The fourth-order valence-corrected chi connectivity index (χ4v) is 2.86. The summed E-state index contributed by atoms with van der Waals surface area (Å²) in [6.07, 6.45) is 1.73. The fraction of sp³-hybridized carbons (Fsp3) is 0.385. The molecule has 2 N–H and O–H groups in total. The Morgan fingerprint density at radius 1 is 1.33 bits per heavy atom. The van der Waals surface area contributed by atoms with Gasteiger partial charge in [-0.05, 0) is 40.9 Å². The van der Waals surface area contributed by atoms with E-state index >= 15 is 0 Å². The summed E-state index contributed by atoms with van der Waals surface area (Å²) in [5, 5.41) is 0. The van der Waals surface area contributed by atoms with Gasteiger partial charge in [0.15, 0.2) is 0 Å². The van der Waals surface area contributed by atoms with Crippen LogP contribution in [0.4, 0.5) is 0 Å². The van der Waals surface area contributed by atoms with Gasteiger partial charge in [-0.15, -0.1) is 0 Å². The van der Waals surface area contributed by atoms with E-state index in [4.69, 9.17) is 18.0 Å². The second-order valence-corrected chi connectivity index (χ2v) is 5.77. The van der Waals surface area contributed by atoms with Crippen molar-refractivity contribution in [1.82, 2.24) is 4.90 Å². The van der Waals surface area contributed by atoms with E-state index in [-0.39, 0.29) is 11.8 Å². The number of piperidine rings is 1. The van der Waals surface area contributed by atoms with Crippen molar-refractivity contribution < 1.29 is 4.79 Å². The maximum absolute atomic E-state index is 12.3. The van der Waals surface area contributed by atoms with Crippen LogP contribution in [0.15, 0.2) is 28.7 Å². The Bertz CT molecular complexity index is 470. The number of amides is 1. The lowest BCUT2D eigenvalue weighted by Gasteiger charge is -2.31. The molecule has 1 amide bonds. The summed E-state index contributed by atoms with van der Waals surface area (Å²) in [6, 6.07) is 7.50. The van der Waals surface area contributed by atoms with Crippen molar-refractivity contribution in [2.75, 3.05) is 13.1 Å². The van der Waals surface area contributed by atoms with Gasteiger partial charge in [0.1, 0.15) is 0 Å². The molecule has 1 heterocycles. The molecule has 0 bridgehead atoms. The Morgan fingerprint density at radius 3 is 2.50 bits per heavy atom. The number of rotatable bonds is 2. The zero-order chi connectivity index (χ0) is 13.1. The minimum absolute atomic E-state index is 0.0730. The normalized spacial score (nSPS) is 16.6. The highest BCUT2D eigenvalue weighted by atomic mass is 79.9. The van der Waals surface area contributed by atoms with E-state index in [1.165, 1.54) is 0 Å². The summed E-state index contributed by atoms with van der Waals surface area (Å²) in [7, 11) is 0. The Balaban J connectivity index is 2.04. The first kappa shape index (κ1) is 13.5. The predicted octanol–water partition coefficient (Wildman–Crippen LogP) is 2.59. The summed E-state index contributed by atoms with van der Waals surface area (Å²) in [4.78, 5) is 14.8. The van der Waals surface area contributed by atoms with Gasteiger partial charge >= 0.3 is 0 Å². The molecule has 0 aliphatic carbocycles. The second-order valence-electron chi connectivity index (χ2n) is 4.45. The second kappa shape index (κ2) is 5.80. The average molecular weight is 327 g/mol. The van der Waals surface area contributed by atoms with Gasteiger partial charge in [0.2, 0.25) is 0 Å². The molecule has 0 spiro atoms. The van der Waals surface area contributed by atoms with E-state index in [1.807, 2.05) is 29.2 Å². The molecule has 0 atom stereocenters. The van der Waals surface area contributed by atoms with E-state index in [2.05, 4.69) is 15.9 Å². The summed E-state index contributed by atoms with van der Waals surface area (Å²) >= 11 is 8.41. The van der Waals surface area contributed by atoms with Gasteiger partial charge in [-0.25, -0.2) is 0 Å². The summed E-state index contributed by atoms with van der Waals surface area (Å²) in [5.74, 6) is 0.354. The standard InChI is InChI=1S/C13H15BrN2OS/c14-11-4-2-1-3-10(11)13(17)16-7-5-9(6-8-16)12(15)18/h1-4,9H,5-8H2,(H2,15,18). The molecule has 1 saturated heterocycles. The minimum atomic E-state index is 0.0730. The van der Waals surface area contributed by atoms with Gasteiger partial charge in [0, 0.05) is 23.5 Å². The molecule has 1 aromatic carbocycles. The Labute approximate surface area is 120 Å². The first-order valence-electron chi connectivity index (χ1n) is 5.92. The number of likely N-dealkylation sites (tertiary alicyclic amines) is 1. The SMILES string of the molecule is NC(=S)C1CCN(C(=O)c2ccccc2Br)CC1. The number of carbonyl (C=O) groups excluding carboxylic acids is 1. The van der Waals surface area contributed by atoms with Crippen molar-refractivity contribution in [1.29, 1.82) is 0 Å². The molecule has 5 heteroatoms. The van der Waals surface area contributed by atoms with Gasteiger partial charge in [0.05, 0.1) is 10.6 Å². The first-order valence-corrected chi connectivity index (χ1v) is 7.13. The number of carbonyl (C=O) groups is 1. The van der Waals surface area contributed by atoms with Gasteiger partial charge in [0.25, 0.3) is 5.91 Å². The minimum Gasteiger partial charge on any atom is -0.393 e. The maximum Gasteiger partial charge on any atom is 0.254 e. The van der Waals surface area contributed by atoms with Gasteiger partial charge in [-0.1, -0.05) is 24.4 Å². The number of hydrogen-bond acceptors (Lipinski definition) is 2. The van der Waals surface area contributed by atoms with Crippen LogP contribution >= 0.6 is 28.1 Å². The largest absolute Gasteiger partial charge is 0.393 e. The van der Waals surface area contributed by atoms with Crippen molar-refractivity contribution in [3.8, 4) is 0 Å². The van der Waals surface area contributed by atoms with E-state index < -0.39 is 0 Å². The Kier molecular flexibility index (Phi) is 4.35. The van der Waals surface area contributed by atoms with Crippen molar-refractivity contribution in [3.63, 3.8) is 0 Å². The summed E-state index contributed by atoms with van der Waals surface area (Å²) in [6.45, 7) is 1.45. The van der Waals surface area contributed by atoms with E-state index in [1.54, 1.807) is 0 Å². The fourth-order valence-electron chi connectivity index (χ4n) is 2.17. The molecular formula is C13H15BrN2OS. The third kappa shape index (κ3) is 2.90. The lowest BCUT2D eigenvalue weighted by atomic mass is 9.96. The maximum atomic E-state index is 12.3. The van der Waals surface area contributed by atoms with Gasteiger partial charge in [-0.2, -0.15) is 0 Å². The molecule has 0 aromatic heterocycles. The third-order valence-corrected chi connectivity index (χ3v) is 4.31. The van der Waals surface area contributed by atoms with Gasteiger partial charge < -0.3 is 10.6 Å². The molecule has 0 radical (unpaired) electrons. The number of nitrogens with zero attached hydrogens (tertiary/aromatic N) is 1. The average Bonchev–Trinajstić information content (AvgIpc) is 2.38. The monoisotopic (exact) mass is 326 g/mol. The van der Waals surface area contributed by atoms with E-state index in [0.29, 0.717) is 10.6 Å². The van der Waals surface area contributed by atoms with Crippen LogP contribution in [0.3, 0.4) is 0 Å². The van der Waals surface area contributed by atoms with Crippen molar-refractivity contribution >= 4 is 39.0 Å². The highest BCUT2D eigenvalue weighted by Crippen LogP contribution is 2.22. The molecular weight excluding hydrogens is 312 g/mol. The smallest absolute Gasteiger partial charge is 0.254 e. The molecule has 1 aliphatic heterocycles. The molecule has 3 nitrogen and oxygen atoms in total. The van der Waals surface area contributed by atoms with Crippen LogP contribution in [-0.2, 0) is 0 Å². The Hall–Kier alpha value is -0.940. The van der Waals surface area contributed by atoms with Crippen LogP contribution in [0.25, 0.3) is 0 Å². The lowest BCUT2D eigenvalue weighted by molar-refractivity contribution is 0.0709. The number of hydrogen-bond donors (Lipinski definition) is 1. The van der Waals surface area contributed by atoms with Crippen LogP contribution in [0.2, 0.25) is 0 Å². The van der Waals surface area contributed by atoms with Crippen LogP contribution in [-0.4, -0.2) is 28.9 Å².